The van der Waals surface area contributed by atoms with E-state index in [1.54, 1.807) is 19.2 Å². The van der Waals surface area contributed by atoms with Crippen LogP contribution in [0.4, 0.5) is 4.79 Å². The molecule has 49 heavy (non-hydrogen) atoms. The highest BCUT2D eigenvalue weighted by Crippen LogP contribution is 2.46. The summed E-state index contributed by atoms with van der Waals surface area (Å²) >= 11 is 0. The normalized spacial score (nSPS) is 22.0. The molecule has 264 valence electrons. The van der Waals surface area contributed by atoms with Crippen LogP contribution in [0.2, 0.25) is 0 Å². The molecule has 1 saturated carbocycles. The van der Waals surface area contributed by atoms with Gasteiger partial charge < -0.3 is 29.2 Å². The predicted molar refractivity (Wildman–Crippen MR) is 188 cm³/mol. The fraction of sp³-hybridized carbons (Fsp3) is 0.556. The quantitative estimate of drug-likeness (QED) is 0.325. The molecule has 1 aromatic heterocycles. The molecule has 3 aliphatic heterocycles. The molecule has 2 atom stereocenters. The van der Waals surface area contributed by atoms with E-state index in [0.717, 1.165) is 78.8 Å². The lowest BCUT2D eigenvalue weighted by atomic mass is 9.81. The van der Waals surface area contributed by atoms with Crippen molar-refractivity contribution in [3.63, 3.8) is 0 Å². The molecule has 2 saturated heterocycles. The summed E-state index contributed by atoms with van der Waals surface area (Å²) in [5.41, 5.74) is 5.66. The number of likely N-dealkylation sites (tertiary alicyclic amines) is 1. The summed E-state index contributed by atoms with van der Waals surface area (Å²) in [4.78, 5) is 31.4. The highest BCUT2D eigenvalue weighted by molar-refractivity contribution is 7.88. The second-order valence-electron chi connectivity index (χ2n) is 13.9. The van der Waals surface area contributed by atoms with E-state index in [2.05, 4.69) is 36.4 Å². The highest BCUT2D eigenvalue weighted by Gasteiger charge is 2.34. The van der Waals surface area contributed by atoms with Crippen LogP contribution in [-0.4, -0.2) is 100 Å². The highest BCUT2D eigenvalue weighted by atomic mass is 32.2. The Morgan fingerprint density at radius 3 is 2.53 bits per heavy atom. The summed E-state index contributed by atoms with van der Waals surface area (Å²) in [6, 6.07) is 11.3. The summed E-state index contributed by atoms with van der Waals surface area (Å²) in [7, 11) is -1.05. The van der Waals surface area contributed by atoms with Gasteiger partial charge in [-0.2, -0.15) is 8.42 Å². The number of fused-ring (bicyclic) bond motifs is 5. The van der Waals surface area contributed by atoms with E-state index in [9.17, 15) is 18.0 Å². The number of amides is 3. The number of hydrogen-bond acceptors (Lipinski definition) is 7. The van der Waals surface area contributed by atoms with Crippen LogP contribution in [0, 0.1) is 0 Å². The summed E-state index contributed by atoms with van der Waals surface area (Å²) in [6.45, 7) is 5.11. The minimum absolute atomic E-state index is 0.00828. The molecule has 2 unspecified atom stereocenters. The number of urea groups is 1. The lowest BCUT2D eigenvalue weighted by Gasteiger charge is -2.35. The Bertz CT molecular complexity index is 1810. The van der Waals surface area contributed by atoms with Crippen LogP contribution < -0.4 is 19.5 Å². The Hall–Kier alpha value is -3.65. The summed E-state index contributed by atoms with van der Waals surface area (Å²) in [6.07, 6.45) is 8.72. The van der Waals surface area contributed by atoms with Crippen LogP contribution in [0.1, 0.15) is 72.3 Å². The maximum atomic E-state index is 13.9. The van der Waals surface area contributed by atoms with Gasteiger partial charge in [0.05, 0.1) is 31.6 Å². The maximum Gasteiger partial charge on any atom is 0.317 e. The number of hydrogen-bond donors (Lipinski definition) is 3. The zero-order valence-corrected chi connectivity index (χ0v) is 29.3. The van der Waals surface area contributed by atoms with Crippen LogP contribution in [0.3, 0.4) is 0 Å². The fourth-order valence-corrected chi connectivity index (χ4v) is 8.78. The Kier molecular flexibility index (Phi) is 9.87. The molecular formula is C36H48N6O6S. The van der Waals surface area contributed by atoms with E-state index in [1.807, 2.05) is 17.0 Å². The third-order valence-electron chi connectivity index (χ3n) is 10.7. The van der Waals surface area contributed by atoms with E-state index >= 15 is 0 Å². The molecule has 0 bridgehead atoms. The van der Waals surface area contributed by atoms with Gasteiger partial charge in [-0.05, 0) is 92.6 Å². The Morgan fingerprint density at radius 1 is 0.980 bits per heavy atom. The third kappa shape index (κ3) is 7.17. The topological polar surface area (TPSA) is 134 Å². The van der Waals surface area contributed by atoms with Crippen LogP contribution in [0.5, 0.6) is 5.75 Å². The second kappa shape index (κ2) is 14.3. The Morgan fingerprint density at radius 2 is 1.78 bits per heavy atom. The SMILES string of the molecule is CNS(=O)(=O)NC(=O)c1ccc2c(C3CCCCC3)c3n(c2c1)CC(NC(=O)N1CCOC(CN2CCCC2)C1)Cc1cc(OC)ccc1-3. The van der Waals surface area contributed by atoms with Gasteiger partial charge in [0.15, 0.2) is 0 Å². The van der Waals surface area contributed by atoms with Crippen molar-refractivity contribution in [3.05, 3.63) is 53.1 Å². The number of aromatic nitrogens is 1. The molecule has 4 aliphatic rings. The third-order valence-corrected chi connectivity index (χ3v) is 11.7. The van der Waals surface area contributed by atoms with Crippen molar-refractivity contribution in [3.8, 4) is 17.0 Å². The minimum atomic E-state index is -3.98. The molecule has 7 rings (SSSR count). The molecule has 3 aromatic rings. The molecule has 3 fully saturated rings. The standard InChI is InChI=1S/C36H48N6O6S/c1-37-49(45,46)39-35(43)25-10-12-31-32(20-25)42-21-27(38-36(44)41-16-17-48-29(23-41)22-40-14-6-7-15-40)18-26-19-28(47-2)11-13-30(26)34(42)33(31)24-8-4-3-5-9-24/h10-13,19-20,24,27,29,37H,3-9,14-18,21-23H2,1-2H3,(H,38,44)(H,39,43). The molecule has 0 spiro atoms. The van der Waals surface area contributed by atoms with Gasteiger partial charge in [0.25, 0.3) is 5.91 Å². The predicted octanol–water partition coefficient (Wildman–Crippen LogP) is 3.99. The van der Waals surface area contributed by atoms with Crippen molar-refractivity contribution in [1.29, 1.82) is 0 Å². The minimum Gasteiger partial charge on any atom is -0.497 e. The zero-order valence-electron chi connectivity index (χ0n) is 28.5. The van der Waals surface area contributed by atoms with Crippen molar-refractivity contribution in [1.82, 2.24) is 29.1 Å². The number of nitrogens with one attached hydrogen (secondary N) is 3. The first-order valence-electron chi connectivity index (χ1n) is 17.7. The van der Waals surface area contributed by atoms with E-state index in [4.69, 9.17) is 9.47 Å². The summed E-state index contributed by atoms with van der Waals surface area (Å²) in [5.74, 6) is 0.402. The number of methoxy groups -OCH3 is 1. The Labute approximate surface area is 288 Å². The molecular weight excluding hydrogens is 644 g/mol. The molecule has 2 aromatic carbocycles. The first-order valence-corrected chi connectivity index (χ1v) is 19.2. The zero-order chi connectivity index (χ0) is 34.1. The smallest absolute Gasteiger partial charge is 0.317 e. The van der Waals surface area contributed by atoms with Gasteiger partial charge in [0.2, 0.25) is 0 Å². The molecule has 4 heterocycles. The number of nitrogens with zero attached hydrogens (tertiary/aromatic N) is 3. The van der Waals surface area contributed by atoms with Crippen LogP contribution in [0.15, 0.2) is 36.4 Å². The van der Waals surface area contributed by atoms with E-state index in [1.165, 1.54) is 31.9 Å². The van der Waals surface area contributed by atoms with Crippen LogP contribution in [-0.2, 0) is 27.9 Å². The van der Waals surface area contributed by atoms with Gasteiger partial charge in [-0.3, -0.25) is 4.79 Å². The van der Waals surface area contributed by atoms with Crippen molar-refractivity contribution < 1.29 is 27.5 Å². The van der Waals surface area contributed by atoms with Crippen molar-refractivity contribution >= 4 is 33.1 Å². The van der Waals surface area contributed by atoms with Gasteiger partial charge >= 0.3 is 16.2 Å². The van der Waals surface area contributed by atoms with Crippen LogP contribution in [0.25, 0.3) is 22.2 Å². The van der Waals surface area contributed by atoms with Gasteiger partial charge in [-0.25, -0.2) is 14.2 Å². The number of carbonyl (C=O) groups is 2. The molecule has 12 nitrogen and oxygen atoms in total. The molecule has 3 N–H and O–H groups in total. The number of morpholine rings is 1. The Balaban J connectivity index is 1.27. The number of benzene rings is 2. The molecule has 13 heteroatoms. The summed E-state index contributed by atoms with van der Waals surface area (Å²) in [5, 5.41) is 4.44. The average Bonchev–Trinajstić information content (AvgIpc) is 3.70. The van der Waals surface area contributed by atoms with E-state index in [-0.39, 0.29) is 23.7 Å². The monoisotopic (exact) mass is 692 g/mol. The van der Waals surface area contributed by atoms with Crippen molar-refractivity contribution in [2.45, 2.75) is 76.0 Å². The second-order valence-corrected chi connectivity index (χ2v) is 15.5. The largest absolute Gasteiger partial charge is 0.497 e. The molecule has 1 aliphatic carbocycles. The number of carbonyl (C=O) groups excluding carboxylic acids is 2. The molecule has 0 radical (unpaired) electrons. The van der Waals surface area contributed by atoms with E-state index < -0.39 is 16.1 Å². The lowest BCUT2D eigenvalue weighted by molar-refractivity contribution is -0.0279. The lowest BCUT2D eigenvalue weighted by Crippen LogP contribution is -2.54. The van der Waals surface area contributed by atoms with Gasteiger partial charge in [0, 0.05) is 55.3 Å². The van der Waals surface area contributed by atoms with Gasteiger partial charge in [-0.1, -0.05) is 25.3 Å². The molecule has 3 amide bonds. The average molecular weight is 693 g/mol. The maximum absolute atomic E-state index is 13.9. The first kappa shape index (κ1) is 33.8. The summed E-state index contributed by atoms with van der Waals surface area (Å²) < 4.78 is 42.6. The first-order chi connectivity index (χ1) is 23.7. The van der Waals surface area contributed by atoms with Crippen LogP contribution >= 0.6 is 0 Å². The number of rotatable bonds is 8. The van der Waals surface area contributed by atoms with Crippen molar-refractivity contribution in [2.75, 3.05) is 53.5 Å². The van der Waals surface area contributed by atoms with Crippen molar-refractivity contribution in [2.24, 2.45) is 0 Å². The van der Waals surface area contributed by atoms with E-state index in [0.29, 0.717) is 38.6 Å². The van der Waals surface area contributed by atoms with Gasteiger partial charge in [0.1, 0.15) is 5.75 Å². The van der Waals surface area contributed by atoms with Gasteiger partial charge in [-0.15, -0.1) is 0 Å². The fourth-order valence-electron chi connectivity index (χ4n) is 8.31. The number of ether oxygens (including phenoxy) is 2.